The van der Waals surface area contributed by atoms with E-state index < -0.39 is 5.97 Å². The van der Waals surface area contributed by atoms with E-state index in [9.17, 15) is 9.18 Å². The number of carboxylic acids is 1. The summed E-state index contributed by atoms with van der Waals surface area (Å²) >= 11 is 1.58. The number of aliphatic carboxylic acids is 1. The number of carbonyl (C=O) groups is 1. The number of thioether (sulfide) groups is 1. The largest absolute Gasteiger partial charge is 0.481 e. The molecule has 0 spiro atoms. The van der Waals surface area contributed by atoms with Crippen LogP contribution in [0.3, 0.4) is 0 Å². The van der Waals surface area contributed by atoms with Crippen molar-refractivity contribution in [2.24, 2.45) is 0 Å². The van der Waals surface area contributed by atoms with Crippen molar-refractivity contribution < 1.29 is 14.3 Å². The smallest absolute Gasteiger partial charge is 0.303 e. The Morgan fingerprint density at radius 1 is 1.50 bits per heavy atom. The molecule has 1 aliphatic carbocycles. The fraction of sp³-hybridized carbons (Fsp3) is 0.417. The standard InChI is InChI=1S/C12H13FO2S/c13-10-7-8(2-6-12(14)15)1-5-11(10)16-9-3-4-9/h1,5,7,9H,2-4,6H2,(H,14,15). The van der Waals surface area contributed by atoms with Crippen LogP contribution in [0.2, 0.25) is 0 Å². The first-order chi connectivity index (χ1) is 7.65. The van der Waals surface area contributed by atoms with Crippen LogP contribution in [-0.2, 0) is 11.2 Å². The van der Waals surface area contributed by atoms with E-state index >= 15 is 0 Å². The van der Waals surface area contributed by atoms with Crippen molar-refractivity contribution in [3.05, 3.63) is 29.6 Å². The van der Waals surface area contributed by atoms with Crippen LogP contribution in [0.25, 0.3) is 0 Å². The zero-order chi connectivity index (χ0) is 11.5. The number of halogens is 1. The van der Waals surface area contributed by atoms with Crippen molar-refractivity contribution in [3.63, 3.8) is 0 Å². The molecule has 1 saturated carbocycles. The number of rotatable bonds is 5. The van der Waals surface area contributed by atoms with E-state index in [0.717, 1.165) is 5.56 Å². The molecule has 2 rings (SSSR count). The highest BCUT2D eigenvalue weighted by molar-refractivity contribution is 8.00. The van der Waals surface area contributed by atoms with Crippen LogP contribution >= 0.6 is 11.8 Å². The Balaban J connectivity index is 2.00. The van der Waals surface area contributed by atoms with E-state index in [1.54, 1.807) is 17.8 Å². The molecular formula is C12H13FO2S. The van der Waals surface area contributed by atoms with Crippen molar-refractivity contribution in [2.45, 2.75) is 35.8 Å². The fourth-order valence-corrected chi connectivity index (χ4v) is 2.46. The molecule has 4 heteroatoms. The highest BCUT2D eigenvalue weighted by atomic mass is 32.2. The van der Waals surface area contributed by atoms with Gasteiger partial charge >= 0.3 is 5.97 Å². The van der Waals surface area contributed by atoms with Gasteiger partial charge in [0.15, 0.2) is 0 Å². The molecule has 0 heterocycles. The molecule has 0 unspecified atom stereocenters. The minimum Gasteiger partial charge on any atom is -0.481 e. The van der Waals surface area contributed by atoms with E-state index in [1.807, 2.05) is 6.07 Å². The van der Waals surface area contributed by atoms with Gasteiger partial charge in [0.25, 0.3) is 0 Å². The zero-order valence-corrected chi connectivity index (χ0v) is 9.60. The Labute approximate surface area is 97.9 Å². The molecule has 0 aromatic heterocycles. The summed E-state index contributed by atoms with van der Waals surface area (Å²) in [6, 6.07) is 5.03. The van der Waals surface area contributed by atoms with E-state index in [1.165, 1.54) is 18.9 Å². The summed E-state index contributed by atoms with van der Waals surface area (Å²) in [7, 11) is 0. The molecule has 0 aliphatic heterocycles. The topological polar surface area (TPSA) is 37.3 Å². The van der Waals surface area contributed by atoms with Crippen LogP contribution in [-0.4, -0.2) is 16.3 Å². The maximum Gasteiger partial charge on any atom is 0.303 e. The second-order valence-electron chi connectivity index (χ2n) is 3.98. The maximum absolute atomic E-state index is 13.6. The highest BCUT2D eigenvalue weighted by Gasteiger charge is 2.23. The summed E-state index contributed by atoms with van der Waals surface area (Å²) in [4.78, 5) is 11.1. The highest BCUT2D eigenvalue weighted by Crippen LogP contribution is 2.40. The van der Waals surface area contributed by atoms with Gasteiger partial charge in [0, 0.05) is 16.6 Å². The lowest BCUT2D eigenvalue weighted by Gasteiger charge is -2.04. The third-order valence-electron chi connectivity index (χ3n) is 2.44. The quantitative estimate of drug-likeness (QED) is 0.859. The van der Waals surface area contributed by atoms with Crippen LogP contribution in [0.1, 0.15) is 24.8 Å². The summed E-state index contributed by atoms with van der Waals surface area (Å²) in [5.41, 5.74) is 0.750. The molecule has 1 N–H and O–H groups in total. The van der Waals surface area contributed by atoms with Crippen LogP contribution in [0.4, 0.5) is 4.39 Å². The van der Waals surface area contributed by atoms with E-state index in [2.05, 4.69) is 0 Å². The van der Waals surface area contributed by atoms with Gasteiger partial charge in [-0.25, -0.2) is 4.39 Å². The van der Waals surface area contributed by atoms with Gasteiger partial charge in [0.05, 0.1) is 0 Å². The lowest BCUT2D eigenvalue weighted by atomic mass is 10.1. The normalized spacial score (nSPS) is 15.1. The van der Waals surface area contributed by atoms with E-state index in [4.69, 9.17) is 5.11 Å². The van der Waals surface area contributed by atoms with Gasteiger partial charge in [-0.1, -0.05) is 6.07 Å². The lowest BCUT2D eigenvalue weighted by Crippen LogP contribution is -1.98. The van der Waals surface area contributed by atoms with Gasteiger partial charge in [-0.05, 0) is 37.0 Å². The van der Waals surface area contributed by atoms with Gasteiger partial charge < -0.3 is 5.11 Å². The van der Waals surface area contributed by atoms with Crippen LogP contribution in [0, 0.1) is 5.82 Å². The summed E-state index contributed by atoms with van der Waals surface area (Å²) in [6.07, 6.45) is 2.78. The molecule has 0 atom stereocenters. The first kappa shape index (κ1) is 11.5. The van der Waals surface area contributed by atoms with Crippen molar-refractivity contribution >= 4 is 17.7 Å². The summed E-state index contributed by atoms with van der Waals surface area (Å²) in [5, 5.41) is 9.11. The molecule has 0 radical (unpaired) electrons. The van der Waals surface area contributed by atoms with Crippen molar-refractivity contribution in [1.29, 1.82) is 0 Å². The fourth-order valence-electron chi connectivity index (χ4n) is 1.41. The summed E-state index contributed by atoms with van der Waals surface area (Å²) in [6.45, 7) is 0. The molecule has 2 nitrogen and oxygen atoms in total. The van der Waals surface area contributed by atoms with Gasteiger partial charge in [0.2, 0.25) is 0 Å². The molecule has 16 heavy (non-hydrogen) atoms. The molecule has 0 saturated heterocycles. The zero-order valence-electron chi connectivity index (χ0n) is 8.78. The molecule has 86 valence electrons. The van der Waals surface area contributed by atoms with Crippen molar-refractivity contribution in [1.82, 2.24) is 0 Å². The minimum absolute atomic E-state index is 0.0502. The minimum atomic E-state index is -0.850. The molecule has 1 aliphatic rings. The molecule has 1 fully saturated rings. The average molecular weight is 240 g/mol. The van der Waals surface area contributed by atoms with E-state index in [-0.39, 0.29) is 12.2 Å². The molecule has 1 aromatic carbocycles. The van der Waals surface area contributed by atoms with Gasteiger partial charge in [-0.3, -0.25) is 4.79 Å². The Morgan fingerprint density at radius 3 is 2.81 bits per heavy atom. The third-order valence-corrected chi connectivity index (χ3v) is 3.83. The van der Waals surface area contributed by atoms with E-state index in [0.29, 0.717) is 16.6 Å². The SMILES string of the molecule is O=C(O)CCc1ccc(SC2CC2)c(F)c1. The average Bonchev–Trinajstić information content (AvgIpc) is 3.02. The van der Waals surface area contributed by atoms with Crippen molar-refractivity contribution in [3.8, 4) is 0 Å². The van der Waals surface area contributed by atoms with Gasteiger partial charge in [-0.2, -0.15) is 0 Å². The first-order valence-corrected chi connectivity index (χ1v) is 6.20. The lowest BCUT2D eigenvalue weighted by molar-refractivity contribution is -0.136. The number of hydrogen-bond acceptors (Lipinski definition) is 2. The third kappa shape index (κ3) is 3.23. The molecule has 0 amide bonds. The Bertz CT molecular complexity index is 402. The Kier molecular flexibility index (Phi) is 3.49. The Morgan fingerprint density at radius 2 is 2.25 bits per heavy atom. The molecular weight excluding hydrogens is 227 g/mol. The predicted molar refractivity (Wildman–Crippen MR) is 61.2 cm³/mol. The number of hydrogen-bond donors (Lipinski definition) is 1. The maximum atomic E-state index is 13.6. The first-order valence-electron chi connectivity index (χ1n) is 5.32. The summed E-state index contributed by atoms with van der Waals surface area (Å²) in [5.74, 6) is -1.07. The second-order valence-corrected chi connectivity index (χ2v) is 5.32. The monoisotopic (exact) mass is 240 g/mol. The predicted octanol–water partition coefficient (Wildman–Crippen LogP) is 3.10. The second kappa shape index (κ2) is 4.87. The molecule has 0 bridgehead atoms. The number of benzene rings is 1. The number of aryl methyl sites for hydroxylation is 1. The van der Waals surface area contributed by atoms with Crippen LogP contribution < -0.4 is 0 Å². The number of carboxylic acid groups (broad SMARTS) is 1. The molecule has 1 aromatic rings. The summed E-state index contributed by atoms with van der Waals surface area (Å²) < 4.78 is 13.6. The van der Waals surface area contributed by atoms with Crippen molar-refractivity contribution in [2.75, 3.05) is 0 Å². The van der Waals surface area contributed by atoms with Crippen LogP contribution in [0.5, 0.6) is 0 Å². The van der Waals surface area contributed by atoms with Gasteiger partial charge in [0.1, 0.15) is 5.82 Å². The Hall–Kier alpha value is -1.03. The van der Waals surface area contributed by atoms with Crippen LogP contribution in [0.15, 0.2) is 23.1 Å². The van der Waals surface area contributed by atoms with Gasteiger partial charge in [-0.15, -0.1) is 11.8 Å².